The third-order valence-corrected chi connectivity index (χ3v) is 3.37. The fraction of sp³-hybridized carbons (Fsp3) is 0.176. The molecule has 0 amide bonds. The van der Waals surface area contributed by atoms with Gasteiger partial charge in [0.05, 0.1) is 23.2 Å². The van der Waals surface area contributed by atoms with Crippen molar-refractivity contribution in [1.82, 2.24) is 0 Å². The van der Waals surface area contributed by atoms with Gasteiger partial charge in [-0.2, -0.15) is 0 Å². The Kier molecular flexibility index (Phi) is 4.14. The number of hydrogen-bond donors (Lipinski definition) is 0. The minimum atomic E-state index is -0.431. The highest BCUT2D eigenvalue weighted by molar-refractivity contribution is 5.76. The van der Waals surface area contributed by atoms with Gasteiger partial charge in [-0.1, -0.05) is 18.2 Å². The summed E-state index contributed by atoms with van der Waals surface area (Å²) in [5, 5.41) is 11.2. The van der Waals surface area contributed by atoms with E-state index in [0.29, 0.717) is 23.7 Å². The molecular weight excluding hydrogens is 298 g/mol. The predicted molar refractivity (Wildman–Crippen MR) is 85.8 cm³/mol. The van der Waals surface area contributed by atoms with Crippen LogP contribution in [-0.4, -0.2) is 18.3 Å². The molecule has 118 valence electrons. The zero-order valence-electron chi connectivity index (χ0n) is 12.5. The van der Waals surface area contributed by atoms with Gasteiger partial charge >= 0.3 is 0 Å². The molecule has 0 unspecified atom stereocenters. The first-order chi connectivity index (χ1) is 11.2. The summed E-state index contributed by atoms with van der Waals surface area (Å²) in [5.41, 5.74) is 1.37. The van der Waals surface area contributed by atoms with Gasteiger partial charge in [-0.25, -0.2) is 0 Å². The van der Waals surface area contributed by atoms with Crippen LogP contribution < -0.4 is 14.2 Å². The van der Waals surface area contributed by atoms with Crippen molar-refractivity contribution in [3.05, 3.63) is 57.6 Å². The Morgan fingerprint density at radius 2 is 1.87 bits per heavy atom. The largest absolute Gasteiger partial charge is 0.494 e. The Morgan fingerprint density at radius 1 is 1.17 bits per heavy atom. The highest BCUT2D eigenvalue weighted by Gasteiger charge is 2.21. The van der Waals surface area contributed by atoms with Gasteiger partial charge in [-0.15, -0.1) is 0 Å². The summed E-state index contributed by atoms with van der Waals surface area (Å²) >= 11 is 0. The average Bonchev–Trinajstić information content (AvgIpc) is 3.01. The third kappa shape index (κ3) is 3.26. The minimum Gasteiger partial charge on any atom is -0.494 e. The van der Waals surface area contributed by atoms with E-state index >= 15 is 0 Å². The summed E-state index contributed by atoms with van der Waals surface area (Å²) in [6.07, 6.45) is 3.50. The maximum absolute atomic E-state index is 11.2. The van der Waals surface area contributed by atoms with Crippen LogP contribution in [0.1, 0.15) is 18.1 Å². The molecule has 3 rings (SSSR count). The van der Waals surface area contributed by atoms with Crippen LogP contribution >= 0.6 is 0 Å². The minimum absolute atomic E-state index is 0.0172. The highest BCUT2D eigenvalue weighted by atomic mass is 16.7. The zero-order chi connectivity index (χ0) is 16.2. The number of nitrogens with zero attached hydrogens (tertiary/aromatic N) is 1. The Balaban J connectivity index is 1.88. The van der Waals surface area contributed by atoms with E-state index in [2.05, 4.69) is 0 Å². The van der Waals surface area contributed by atoms with E-state index in [1.165, 1.54) is 6.07 Å². The predicted octanol–water partition coefficient (Wildman–Crippen LogP) is 3.89. The molecule has 2 aromatic rings. The van der Waals surface area contributed by atoms with Crippen LogP contribution in [0.15, 0.2) is 36.4 Å². The van der Waals surface area contributed by atoms with Crippen LogP contribution in [0.25, 0.3) is 12.2 Å². The fourth-order valence-corrected chi connectivity index (χ4v) is 2.27. The first-order valence-electron chi connectivity index (χ1n) is 7.16. The summed E-state index contributed by atoms with van der Waals surface area (Å²) < 4.78 is 15.8. The Bertz CT molecular complexity index is 752. The van der Waals surface area contributed by atoms with Gasteiger partial charge in [0.25, 0.3) is 5.69 Å². The van der Waals surface area contributed by atoms with Crippen LogP contribution in [0.3, 0.4) is 0 Å². The van der Waals surface area contributed by atoms with E-state index in [4.69, 9.17) is 14.2 Å². The maximum atomic E-state index is 11.2. The fourth-order valence-electron chi connectivity index (χ4n) is 2.27. The van der Waals surface area contributed by atoms with Gasteiger partial charge < -0.3 is 14.2 Å². The molecule has 0 aromatic heterocycles. The number of fused-ring (bicyclic) bond motifs is 1. The standard InChI is InChI=1S/C17H15NO5/c1-2-21-14-7-4-12(5-8-14)3-6-13-9-16-17(23-11-22-16)10-15(13)18(19)20/h3-10H,2,11H2,1H3/b6-3+. The number of benzene rings is 2. The molecule has 0 aliphatic carbocycles. The maximum Gasteiger partial charge on any atom is 0.280 e. The molecule has 1 aliphatic rings. The molecule has 23 heavy (non-hydrogen) atoms. The van der Waals surface area contributed by atoms with Gasteiger partial charge in [0, 0.05) is 0 Å². The summed E-state index contributed by atoms with van der Waals surface area (Å²) in [6, 6.07) is 10.5. The second-order valence-corrected chi connectivity index (χ2v) is 4.86. The van der Waals surface area contributed by atoms with Crippen molar-refractivity contribution in [3.63, 3.8) is 0 Å². The van der Waals surface area contributed by atoms with E-state index in [-0.39, 0.29) is 12.5 Å². The van der Waals surface area contributed by atoms with Gasteiger partial charge in [-0.3, -0.25) is 10.1 Å². The monoisotopic (exact) mass is 313 g/mol. The smallest absolute Gasteiger partial charge is 0.280 e. The van der Waals surface area contributed by atoms with Gasteiger partial charge in [0.15, 0.2) is 11.5 Å². The van der Waals surface area contributed by atoms with Crippen molar-refractivity contribution in [1.29, 1.82) is 0 Å². The van der Waals surface area contributed by atoms with Crippen LogP contribution in [0.4, 0.5) is 5.69 Å². The van der Waals surface area contributed by atoms with Crippen molar-refractivity contribution >= 4 is 17.8 Å². The summed E-state index contributed by atoms with van der Waals surface area (Å²) in [5.74, 6) is 1.70. The summed E-state index contributed by atoms with van der Waals surface area (Å²) in [7, 11) is 0. The quantitative estimate of drug-likeness (QED) is 0.476. The number of ether oxygens (including phenoxy) is 3. The van der Waals surface area contributed by atoms with Crippen molar-refractivity contribution in [2.24, 2.45) is 0 Å². The molecule has 0 saturated heterocycles. The molecule has 6 nitrogen and oxygen atoms in total. The average molecular weight is 313 g/mol. The molecule has 1 heterocycles. The first-order valence-corrected chi connectivity index (χ1v) is 7.16. The Morgan fingerprint density at radius 3 is 2.52 bits per heavy atom. The first kappa shape index (κ1) is 14.9. The molecule has 0 atom stereocenters. The number of nitro groups is 1. The van der Waals surface area contributed by atoms with Crippen LogP contribution in [-0.2, 0) is 0 Å². The lowest BCUT2D eigenvalue weighted by atomic mass is 10.1. The molecule has 0 radical (unpaired) electrons. The van der Waals surface area contributed by atoms with E-state index in [0.717, 1.165) is 11.3 Å². The summed E-state index contributed by atoms with van der Waals surface area (Å²) in [4.78, 5) is 10.8. The van der Waals surface area contributed by atoms with Crippen LogP contribution in [0.2, 0.25) is 0 Å². The Labute approximate surface area is 133 Å². The van der Waals surface area contributed by atoms with Crippen LogP contribution in [0, 0.1) is 10.1 Å². The normalized spacial score (nSPS) is 12.6. The second kappa shape index (κ2) is 6.39. The molecule has 6 heteroatoms. The molecule has 0 bridgehead atoms. The molecule has 0 fully saturated rings. The second-order valence-electron chi connectivity index (χ2n) is 4.86. The van der Waals surface area contributed by atoms with Gasteiger partial charge in [-0.05, 0) is 36.8 Å². The SMILES string of the molecule is CCOc1ccc(/C=C/c2cc3c(cc2[N+](=O)[O-])OCO3)cc1. The van der Waals surface area contributed by atoms with Crippen molar-refractivity contribution in [2.45, 2.75) is 6.92 Å². The summed E-state index contributed by atoms with van der Waals surface area (Å²) in [6.45, 7) is 2.61. The van der Waals surface area contributed by atoms with Crippen molar-refractivity contribution in [3.8, 4) is 17.2 Å². The lowest BCUT2D eigenvalue weighted by molar-refractivity contribution is -0.385. The molecule has 0 saturated carbocycles. The highest BCUT2D eigenvalue weighted by Crippen LogP contribution is 2.38. The van der Waals surface area contributed by atoms with Gasteiger partial charge in [0.1, 0.15) is 5.75 Å². The molecule has 2 aromatic carbocycles. The van der Waals surface area contributed by atoms with Crippen molar-refractivity contribution in [2.75, 3.05) is 13.4 Å². The van der Waals surface area contributed by atoms with E-state index in [1.54, 1.807) is 18.2 Å². The topological polar surface area (TPSA) is 70.8 Å². The molecule has 0 N–H and O–H groups in total. The zero-order valence-corrected chi connectivity index (χ0v) is 12.5. The van der Waals surface area contributed by atoms with Crippen LogP contribution in [0.5, 0.6) is 17.2 Å². The number of rotatable bonds is 5. The van der Waals surface area contributed by atoms with E-state index in [9.17, 15) is 10.1 Å². The third-order valence-electron chi connectivity index (χ3n) is 3.37. The van der Waals surface area contributed by atoms with Gasteiger partial charge in [0.2, 0.25) is 6.79 Å². The van der Waals surface area contributed by atoms with Crippen molar-refractivity contribution < 1.29 is 19.1 Å². The lowest BCUT2D eigenvalue weighted by Crippen LogP contribution is -1.93. The van der Waals surface area contributed by atoms with E-state index < -0.39 is 4.92 Å². The number of nitro benzene ring substituents is 1. The molecule has 1 aliphatic heterocycles. The molecule has 0 spiro atoms. The van der Waals surface area contributed by atoms with E-state index in [1.807, 2.05) is 31.2 Å². The Hall–Kier alpha value is -3.02. The molecular formula is C17H15NO5. The number of hydrogen-bond acceptors (Lipinski definition) is 5. The lowest BCUT2D eigenvalue weighted by Gasteiger charge is -2.03.